The molecule has 1 unspecified atom stereocenters. The molecule has 1 aromatic heterocycles. The molecule has 9 heteroatoms. The number of amides is 3. The Hall–Kier alpha value is -2.81. The van der Waals surface area contributed by atoms with Gasteiger partial charge in [-0.1, -0.05) is 17.4 Å². The van der Waals surface area contributed by atoms with Gasteiger partial charge in [0.2, 0.25) is 16.9 Å². The van der Waals surface area contributed by atoms with Crippen molar-refractivity contribution in [3.63, 3.8) is 0 Å². The Morgan fingerprint density at radius 2 is 2.00 bits per heavy atom. The summed E-state index contributed by atoms with van der Waals surface area (Å²) in [6.45, 7) is 3.95. The molecule has 1 aliphatic rings. The lowest BCUT2D eigenvalue weighted by Crippen LogP contribution is -2.28. The fraction of sp³-hybridized carbons (Fsp3) is 0.389. The van der Waals surface area contributed by atoms with Crippen LogP contribution in [0.3, 0.4) is 0 Å². The van der Waals surface area contributed by atoms with Gasteiger partial charge in [0.25, 0.3) is 5.91 Å². The van der Waals surface area contributed by atoms with Crippen molar-refractivity contribution in [2.45, 2.75) is 20.3 Å². The quantitative estimate of drug-likeness (QED) is 0.864. The number of hydrogen-bond donors (Lipinski definition) is 1. The number of carbonyl (C=O) groups is 3. The van der Waals surface area contributed by atoms with Crippen molar-refractivity contribution in [3.05, 3.63) is 34.3 Å². The zero-order chi connectivity index (χ0) is 19.7. The maximum absolute atomic E-state index is 12.7. The first-order valence-electron chi connectivity index (χ1n) is 8.50. The number of nitrogens with zero attached hydrogens (tertiary/aromatic N) is 4. The van der Waals surface area contributed by atoms with Gasteiger partial charge in [-0.05, 0) is 31.5 Å². The molecule has 2 heterocycles. The third-order valence-corrected chi connectivity index (χ3v) is 5.25. The Morgan fingerprint density at radius 3 is 2.63 bits per heavy atom. The van der Waals surface area contributed by atoms with Gasteiger partial charge in [0.1, 0.15) is 5.01 Å². The molecule has 0 bridgehead atoms. The van der Waals surface area contributed by atoms with Gasteiger partial charge in [0, 0.05) is 38.3 Å². The monoisotopic (exact) mass is 387 g/mol. The first-order chi connectivity index (χ1) is 12.8. The lowest BCUT2D eigenvalue weighted by atomic mass is 10.1. The minimum Gasteiger partial charge on any atom is -0.345 e. The molecule has 3 amide bonds. The second-order valence-electron chi connectivity index (χ2n) is 6.73. The molecule has 1 N–H and O–H groups in total. The van der Waals surface area contributed by atoms with Crippen LogP contribution in [0.25, 0.3) is 0 Å². The lowest BCUT2D eigenvalue weighted by Gasteiger charge is -2.15. The number of carbonyl (C=O) groups excluding carboxylic acids is 3. The molecule has 0 radical (unpaired) electrons. The van der Waals surface area contributed by atoms with Crippen LogP contribution < -0.4 is 10.2 Å². The first-order valence-corrected chi connectivity index (χ1v) is 9.31. The molecule has 1 atom stereocenters. The van der Waals surface area contributed by atoms with Gasteiger partial charge in [0.05, 0.1) is 5.92 Å². The van der Waals surface area contributed by atoms with E-state index < -0.39 is 5.92 Å². The standard InChI is InChI=1S/C18H21N5O3S/c1-10-5-6-12(17(26)22(3)4)7-14(10)19-16(25)13-8-15(24)23(9-13)18-21-20-11(2)27-18/h5-7,13H,8-9H2,1-4H3,(H,19,25). The number of benzene rings is 1. The van der Waals surface area contributed by atoms with Crippen molar-refractivity contribution >= 4 is 39.9 Å². The summed E-state index contributed by atoms with van der Waals surface area (Å²) in [5.74, 6) is -1.00. The number of aryl methyl sites for hydroxylation is 2. The topological polar surface area (TPSA) is 95.5 Å². The highest BCUT2D eigenvalue weighted by atomic mass is 32.1. The summed E-state index contributed by atoms with van der Waals surface area (Å²) in [4.78, 5) is 40.1. The van der Waals surface area contributed by atoms with Gasteiger partial charge < -0.3 is 10.2 Å². The van der Waals surface area contributed by atoms with E-state index in [0.29, 0.717) is 16.4 Å². The van der Waals surface area contributed by atoms with Crippen molar-refractivity contribution in [2.75, 3.05) is 30.9 Å². The number of nitrogens with one attached hydrogen (secondary N) is 1. The van der Waals surface area contributed by atoms with Crippen LogP contribution in [0.4, 0.5) is 10.8 Å². The summed E-state index contributed by atoms with van der Waals surface area (Å²) >= 11 is 1.33. The van der Waals surface area contributed by atoms with E-state index in [1.165, 1.54) is 21.1 Å². The van der Waals surface area contributed by atoms with E-state index in [1.807, 2.05) is 13.8 Å². The van der Waals surface area contributed by atoms with Crippen LogP contribution >= 0.6 is 11.3 Å². The SMILES string of the molecule is Cc1nnc(N2CC(C(=O)Nc3cc(C(=O)N(C)C)ccc3C)CC2=O)s1. The van der Waals surface area contributed by atoms with Crippen molar-refractivity contribution in [2.24, 2.45) is 5.92 Å². The highest BCUT2D eigenvalue weighted by Crippen LogP contribution is 2.28. The molecule has 1 aliphatic heterocycles. The molecule has 1 saturated heterocycles. The van der Waals surface area contributed by atoms with E-state index in [9.17, 15) is 14.4 Å². The fourth-order valence-corrected chi connectivity index (χ4v) is 3.56. The van der Waals surface area contributed by atoms with Crippen LogP contribution in [0.15, 0.2) is 18.2 Å². The molecule has 1 fully saturated rings. The van der Waals surface area contributed by atoms with Gasteiger partial charge in [0.15, 0.2) is 0 Å². The van der Waals surface area contributed by atoms with Crippen molar-refractivity contribution in [1.82, 2.24) is 15.1 Å². The predicted molar refractivity (Wildman–Crippen MR) is 103 cm³/mol. The highest BCUT2D eigenvalue weighted by molar-refractivity contribution is 7.15. The van der Waals surface area contributed by atoms with E-state index >= 15 is 0 Å². The van der Waals surface area contributed by atoms with Gasteiger partial charge in [-0.15, -0.1) is 10.2 Å². The molecule has 0 aliphatic carbocycles. The maximum Gasteiger partial charge on any atom is 0.253 e. The van der Waals surface area contributed by atoms with E-state index in [2.05, 4.69) is 15.5 Å². The summed E-state index contributed by atoms with van der Waals surface area (Å²) in [6, 6.07) is 5.19. The summed E-state index contributed by atoms with van der Waals surface area (Å²) in [5.41, 5.74) is 1.92. The predicted octanol–water partition coefficient (Wildman–Crippen LogP) is 1.85. The van der Waals surface area contributed by atoms with Crippen LogP contribution in [-0.2, 0) is 9.59 Å². The Morgan fingerprint density at radius 1 is 1.26 bits per heavy atom. The number of hydrogen-bond acceptors (Lipinski definition) is 6. The van der Waals surface area contributed by atoms with E-state index in [1.54, 1.807) is 32.3 Å². The first kappa shape index (κ1) is 19.0. The van der Waals surface area contributed by atoms with Crippen LogP contribution in [0.5, 0.6) is 0 Å². The Balaban J connectivity index is 1.73. The number of aromatic nitrogens is 2. The smallest absolute Gasteiger partial charge is 0.253 e. The zero-order valence-electron chi connectivity index (χ0n) is 15.6. The van der Waals surface area contributed by atoms with E-state index in [4.69, 9.17) is 0 Å². The second kappa shape index (κ2) is 7.43. The fourth-order valence-electron chi connectivity index (χ4n) is 2.85. The summed E-state index contributed by atoms with van der Waals surface area (Å²) < 4.78 is 0. The average Bonchev–Trinajstić information content (AvgIpc) is 3.21. The second-order valence-corrected chi connectivity index (χ2v) is 7.89. The molecule has 3 rings (SSSR count). The molecule has 142 valence electrons. The van der Waals surface area contributed by atoms with Crippen LogP contribution in [-0.4, -0.2) is 53.5 Å². The third-order valence-electron chi connectivity index (χ3n) is 4.39. The Labute approximate surface area is 161 Å². The van der Waals surface area contributed by atoms with Crippen molar-refractivity contribution in [3.8, 4) is 0 Å². The highest BCUT2D eigenvalue weighted by Gasteiger charge is 2.36. The van der Waals surface area contributed by atoms with Crippen LogP contribution in [0, 0.1) is 19.8 Å². The van der Waals surface area contributed by atoms with E-state index in [0.717, 1.165) is 10.6 Å². The van der Waals surface area contributed by atoms with Crippen LogP contribution in [0.1, 0.15) is 27.3 Å². The summed E-state index contributed by atoms with van der Waals surface area (Å²) in [6.07, 6.45) is 0.125. The number of rotatable bonds is 4. The van der Waals surface area contributed by atoms with Gasteiger partial charge in [-0.25, -0.2) is 0 Å². The molecule has 0 saturated carbocycles. The lowest BCUT2D eigenvalue weighted by molar-refractivity contribution is -0.122. The molecule has 8 nitrogen and oxygen atoms in total. The Kier molecular flexibility index (Phi) is 5.22. The van der Waals surface area contributed by atoms with Crippen LogP contribution in [0.2, 0.25) is 0 Å². The minimum atomic E-state index is -0.477. The van der Waals surface area contributed by atoms with Gasteiger partial charge in [-0.3, -0.25) is 19.3 Å². The molecule has 27 heavy (non-hydrogen) atoms. The number of anilines is 2. The summed E-state index contributed by atoms with van der Waals surface area (Å²) in [5, 5.41) is 12.1. The molecular formula is C18H21N5O3S. The third kappa shape index (κ3) is 3.97. The molecule has 0 spiro atoms. The zero-order valence-corrected chi connectivity index (χ0v) is 16.5. The molecular weight excluding hydrogens is 366 g/mol. The van der Waals surface area contributed by atoms with E-state index in [-0.39, 0.29) is 30.7 Å². The largest absolute Gasteiger partial charge is 0.345 e. The van der Waals surface area contributed by atoms with Crippen molar-refractivity contribution < 1.29 is 14.4 Å². The van der Waals surface area contributed by atoms with Gasteiger partial charge in [-0.2, -0.15) is 0 Å². The Bertz CT molecular complexity index is 908. The maximum atomic E-state index is 12.7. The average molecular weight is 387 g/mol. The van der Waals surface area contributed by atoms with Gasteiger partial charge >= 0.3 is 0 Å². The molecule has 1 aromatic carbocycles. The minimum absolute atomic E-state index is 0.125. The molecule has 2 aromatic rings. The van der Waals surface area contributed by atoms with Crippen molar-refractivity contribution in [1.29, 1.82) is 0 Å². The summed E-state index contributed by atoms with van der Waals surface area (Å²) in [7, 11) is 3.35. The normalized spacial score (nSPS) is 16.5.